The molecule has 1 fully saturated rings. The van der Waals surface area contributed by atoms with Crippen molar-refractivity contribution in [1.29, 1.82) is 0 Å². The molecule has 124 valence electrons. The highest BCUT2D eigenvalue weighted by Gasteiger charge is 2.34. The van der Waals surface area contributed by atoms with Crippen molar-refractivity contribution < 1.29 is 13.2 Å². The number of hydrogen-bond donors (Lipinski definition) is 1. The van der Waals surface area contributed by atoms with Crippen molar-refractivity contribution >= 4 is 5.96 Å². The van der Waals surface area contributed by atoms with E-state index in [1.807, 2.05) is 7.05 Å². The van der Waals surface area contributed by atoms with E-state index in [0.29, 0.717) is 19.6 Å². The summed E-state index contributed by atoms with van der Waals surface area (Å²) in [7, 11) is 3.71. The highest BCUT2D eigenvalue weighted by molar-refractivity contribution is 5.79. The van der Waals surface area contributed by atoms with Crippen molar-refractivity contribution in [1.82, 2.24) is 15.1 Å². The van der Waals surface area contributed by atoms with Crippen molar-refractivity contribution in [3.05, 3.63) is 0 Å². The van der Waals surface area contributed by atoms with Crippen molar-refractivity contribution in [3.8, 4) is 0 Å². The van der Waals surface area contributed by atoms with Gasteiger partial charge in [-0.3, -0.25) is 9.89 Å². The number of guanidine groups is 1. The van der Waals surface area contributed by atoms with Gasteiger partial charge in [-0.15, -0.1) is 0 Å². The van der Waals surface area contributed by atoms with Crippen LogP contribution in [0.15, 0.2) is 4.99 Å². The van der Waals surface area contributed by atoms with Gasteiger partial charge in [-0.05, 0) is 25.3 Å². The quantitative estimate of drug-likeness (QED) is 0.603. The minimum Gasteiger partial charge on any atom is -0.356 e. The van der Waals surface area contributed by atoms with Gasteiger partial charge >= 0.3 is 6.18 Å². The maximum absolute atomic E-state index is 12.3. The lowest BCUT2D eigenvalue weighted by atomic mass is 10.1. The van der Waals surface area contributed by atoms with Crippen LogP contribution in [0.1, 0.15) is 26.2 Å². The van der Waals surface area contributed by atoms with Crippen molar-refractivity contribution in [2.75, 3.05) is 46.8 Å². The topological polar surface area (TPSA) is 30.9 Å². The standard InChI is InChI=1S/C14H27F3N4/c1-4-5-7-20(3)13(18-2)19-9-12-6-8-21(10-12)11-14(15,16)17/h12H,4-11H2,1-3H3,(H,18,19). The molecule has 0 aliphatic carbocycles. The minimum absolute atomic E-state index is 0.253. The number of rotatable bonds is 6. The van der Waals surface area contributed by atoms with Gasteiger partial charge in [-0.2, -0.15) is 13.2 Å². The average molecular weight is 308 g/mol. The van der Waals surface area contributed by atoms with Crippen LogP contribution < -0.4 is 5.32 Å². The van der Waals surface area contributed by atoms with Crippen LogP contribution in [-0.2, 0) is 0 Å². The first-order valence-electron chi connectivity index (χ1n) is 7.56. The largest absolute Gasteiger partial charge is 0.401 e. The van der Waals surface area contributed by atoms with Crippen LogP contribution in [0.5, 0.6) is 0 Å². The first-order chi connectivity index (χ1) is 9.85. The smallest absolute Gasteiger partial charge is 0.356 e. The molecule has 1 atom stereocenters. The Labute approximate surface area is 125 Å². The number of halogens is 3. The van der Waals surface area contributed by atoms with Gasteiger partial charge in [-0.1, -0.05) is 13.3 Å². The molecule has 0 radical (unpaired) electrons. The predicted molar refractivity (Wildman–Crippen MR) is 79.5 cm³/mol. The Hall–Kier alpha value is -0.980. The number of nitrogens with zero attached hydrogens (tertiary/aromatic N) is 3. The Morgan fingerprint density at radius 3 is 2.71 bits per heavy atom. The van der Waals surface area contributed by atoms with Gasteiger partial charge in [0.25, 0.3) is 0 Å². The molecule has 1 aliphatic rings. The molecule has 0 aromatic carbocycles. The number of nitrogens with one attached hydrogen (secondary N) is 1. The van der Waals surface area contributed by atoms with Gasteiger partial charge in [0.15, 0.2) is 5.96 Å². The summed E-state index contributed by atoms with van der Waals surface area (Å²) in [5.41, 5.74) is 0. The highest BCUT2D eigenvalue weighted by Crippen LogP contribution is 2.22. The molecule has 1 aliphatic heterocycles. The van der Waals surface area contributed by atoms with Gasteiger partial charge in [-0.25, -0.2) is 0 Å². The molecule has 0 aromatic heterocycles. The SMILES string of the molecule is CCCCN(C)C(=NC)NCC1CCN(CC(F)(F)F)C1. The summed E-state index contributed by atoms with van der Waals surface area (Å²) < 4.78 is 37.0. The Morgan fingerprint density at radius 2 is 2.14 bits per heavy atom. The van der Waals surface area contributed by atoms with Crippen LogP contribution >= 0.6 is 0 Å². The molecular weight excluding hydrogens is 281 g/mol. The van der Waals surface area contributed by atoms with E-state index in [1.54, 1.807) is 7.05 Å². The third kappa shape index (κ3) is 7.02. The molecule has 1 unspecified atom stereocenters. The van der Waals surface area contributed by atoms with Crippen LogP contribution in [0.25, 0.3) is 0 Å². The zero-order valence-electron chi connectivity index (χ0n) is 13.2. The Bertz CT molecular complexity index is 331. The molecule has 1 N–H and O–H groups in total. The molecule has 1 rings (SSSR count). The highest BCUT2D eigenvalue weighted by atomic mass is 19.4. The monoisotopic (exact) mass is 308 g/mol. The van der Waals surface area contributed by atoms with Crippen LogP contribution in [0.4, 0.5) is 13.2 Å². The van der Waals surface area contributed by atoms with E-state index in [1.165, 1.54) is 4.90 Å². The van der Waals surface area contributed by atoms with E-state index in [4.69, 9.17) is 0 Å². The maximum atomic E-state index is 12.3. The Balaban J connectivity index is 2.32. The Kier molecular flexibility index (Phi) is 7.28. The third-order valence-electron chi connectivity index (χ3n) is 3.74. The first kappa shape index (κ1) is 18.1. The summed E-state index contributed by atoms with van der Waals surface area (Å²) in [6.45, 7) is 3.98. The minimum atomic E-state index is -4.10. The van der Waals surface area contributed by atoms with E-state index in [0.717, 1.165) is 31.8 Å². The lowest BCUT2D eigenvalue weighted by molar-refractivity contribution is -0.143. The second kappa shape index (κ2) is 8.46. The van der Waals surface area contributed by atoms with Gasteiger partial charge in [0.1, 0.15) is 0 Å². The van der Waals surface area contributed by atoms with E-state index in [-0.39, 0.29) is 5.92 Å². The summed E-state index contributed by atoms with van der Waals surface area (Å²) >= 11 is 0. The van der Waals surface area contributed by atoms with Crippen LogP contribution in [0.3, 0.4) is 0 Å². The van der Waals surface area contributed by atoms with Gasteiger partial charge < -0.3 is 10.2 Å². The fourth-order valence-electron chi connectivity index (χ4n) is 2.60. The fraction of sp³-hybridized carbons (Fsp3) is 0.929. The molecule has 1 saturated heterocycles. The normalized spacial score (nSPS) is 20.9. The molecular formula is C14H27F3N4. The summed E-state index contributed by atoms with van der Waals surface area (Å²) in [5.74, 6) is 1.07. The lowest BCUT2D eigenvalue weighted by Gasteiger charge is -2.23. The predicted octanol–water partition coefficient (Wildman–Crippen LogP) is 2.18. The fourth-order valence-corrected chi connectivity index (χ4v) is 2.60. The second-order valence-corrected chi connectivity index (χ2v) is 5.71. The third-order valence-corrected chi connectivity index (χ3v) is 3.74. The van der Waals surface area contributed by atoms with Gasteiger partial charge in [0.05, 0.1) is 6.54 Å². The molecule has 0 saturated carbocycles. The number of unbranched alkanes of at least 4 members (excludes halogenated alkanes) is 1. The van der Waals surface area contributed by atoms with Crippen molar-refractivity contribution in [2.24, 2.45) is 10.9 Å². The lowest BCUT2D eigenvalue weighted by Crippen LogP contribution is -2.42. The van der Waals surface area contributed by atoms with Crippen LogP contribution in [0, 0.1) is 5.92 Å². The van der Waals surface area contributed by atoms with E-state index in [2.05, 4.69) is 22.1 Å². The van der Waals surface area contributed by atoms with Crippen molar-refractivity contribution in [3.63, 3.8) is 0 Å². The van der Waals surface area contributed by atoms with E-state index in [9.17, 15) is 13.2 Å². The summed E-state index contributed by atoms with van der Waals surface area (Å²) in [5, 5.41) is 3.27. The molecule has 4 nitrogen and oxygen atoms in total. The van der Waals surface area contributed by atoms with Gasteiger partial charge in [0, 0.05) is 33.7 Å². The maximum Gasteiger partial charge on any atom is 0.401 e. The molecule has 0 spiro atoms. The summed E-state index contributed by atoms with van der Waals surface area (Å²) in [6, 6.07) is 0. The van der Waals surface area contributed by atoms with Gasteiger partial charge in [0.2, 0.25) is 0 Å². The van der Waals surface area contributed by atoms with Crippen LogP contribution in [0.2, 0.25) is 0 Å². The van der Waals surface area contributed by atoms with E-state index < -0.39 is 12.7 Å². The molecule has 7 heteroatoms. The zero-order valence-corrected chi connectivity index (χ0v) is 13.2. The first-order valence-corrected chi connectivity index (χ1v) is 7.56. The zero-order chi connectivity index (χ0) is 15.9. The number of hydrogen-bond acceptors (Lipinski definition) is 2. The van der Waals surface area contributed by atoms with E-state index >= 15 is 0 Å². The Morgan fingerprint density at radius 1 is 1.43 bits per heavy atom. The number of likely N-dealkylation sites (tertiary alicyclic amines) is 1. The number of alkyl halides is 3. The summed E-state index contributed by atoms with van der Waals surface area (Å²) in [6.07, 6.45) is -1.08. The summed E-state index contributed by atoms with van der Waals surface area (Å²) in [4.78, 5) is 7.76. The average Bonchev–Trinajstić information content (AvgIpc) is 2.82. The molecule has 1 heterocycles. The van der Waals surface area contributed by atoms with Crippen LogP contribution in [-0.4, -0.2) is 68.8 Å². The molecule has 0 bridgehead atoms. The number of aliphatic imine (C=N–C) groups is 1. The van der Waals surface area contributed by atoms with Crippen molar-refractivity contribution in [2.45, 2.75) is 32.4 Å². The molecule has 0 amide bonds. The second-order valence-electron chi connectivity index (χ2n) is 5.71. The molecule has 21 heavy (non-hydrogen) atoms. The molecule has 0 aromatic rings.